The summed E-state index contributed by atoms with van der Waals surface area (Å²) in [5.41, 5.74) is 2.22. The van der Waals surface area contributed by atoms with Crippen molar-refractivity contribution in [2.24, 2.45) is 0 Å². The number of aromatic nitrogens is 1. The number of rotatable bonds is 8. The van der Waals surface area contributed by atoms with Gasteiger partial charge in [-0.3, -0.25) is 9.10 Å². The molecule has 1 heterocycles. The average Bonchev–Trinajstić information content (AvgIpc) is 3.11. The number of anilines is 2. The van der Waals surface area contributed by atoms with Crippen molar-refractivity contribution in [2.75, 3.05) is 23.3 Å². The summed E-state index contributed by atoms with van der Waals surface area (Å²) in [6, 6.07) is 13.9. The fourth-order valence-corrected chi connectivity index (χ4v) is 4.93. The van der Waals surface area contributed by atoms with E-state index < -0.39 is 22.5 Å². The number of carbonyl (C=O) groups excluding carboxylic acids is 1. The molecule has 1 amide bonds. The zero-order valence-corrected chi connectivity index (χ0v) is 18.7. The van der Waals surface area contributed by atoms with E-state index in [2.05, 4.69) is 10.5 Å². The number of ether oxygens (including phenoxy) is 1. The van der Waals surface area contributed by atoms with Crippen LogP contribution in [0.3, 0.4) is 0 Å². The van der Waals surface area contributed by atoms with Gasteiger partial charge in [0.25, 0.3) is 10.0 Å². The predicted octanol–water partition coefficient (Wildman–Crippen LogP) is 3.70. The topological polar surface area (TPSA) is 102 Å². The first kappa shape index (κ1) is 22.4. The lowest BCUT2D eigenvalue weighted by Gasteiger charge is -2.24. The van der Waals surface area contributed by atoms with E-state index in [0.29, 0.717) is 17.1 Å². The van der Waals surface area contributed by atoms with Gasteiger partial charge in [0.05, 0.1) is 12.8 Å². The third-order valence-electron chi connectivity index (χ3n) is 4.78. The van der Waals surface area contributed by atoms with Gasteiger partial charge in [-0.15, -0.1) is 0 Å². The Hall–Kier alpha value is -3.33. The highest BCUT2D eigenvalue weighted by Crippen LogP contribution is 2.29. The summed E-state index contributed by atoms with van der Waals surface area (Å²) in [4.78, 5) is 12.8. The molecule has 3 rings (SSSR count). The lowest BCUT2D eigenvalue weighted by molar-refractivity contribution is -0.114. The lowest BCUT2D eigenvalue weighted by atomic mass is 10.1. The van der Waals surface area contributed by atoms with Gasteiger partial charge in [-0.1, -0.05) is 24.2 Å². The number of hydrogen-bond acceptors (Lipinski definition) is 6. The smallest absolute Gasteiger partial charge is 0.270 e. The molecule has 0 bridgehead atoms. The lowest BCUT2D eigenvalue weighted by Crippen LogP contribution is -2.38. The molecular weight excluding hydrogens is 418 g/mol. The molecule has 0 saturated carbocycles. The summed E-state index contributed by atoms with van der Waals surface area (Å²) in [6.07, 6.45) is 0.822. The molecule has 0 spiro atoms. The van der Waals surface area contributed by atoms with Crippen LogP contribution < -0.4 is 14.4 Å². The normalized spacial score (nSPS) is 11.2. The molecule has 1 aromatic heterocycles. The van der Waals surface area contributed by atoms with E-state index in [1.165, 1.54) is 14.0 Å². The number of carbonyl (C=O) groups is 1. The first-order valence-corrected chi connectivity index (χ1v) is 11.2. The SMILES string of the molecule is CCc1cccc(NC(=O)CN(c2ccc(OC)cc2)S(=O)(=O)c2c(C)noc2C)c1. The van der Waals surface area contributed by atoms with E-state index in [1.54, 1.807) is 37.3 Å². The Morgan fingerprint density at radius 2 is 1.87 bits per heavy atom. The van der Waals surface area contributed by atoms with Crippen molar-refractivity contribution < 1.29 is 22.5 Å². The van der Waals surface area contributed by atoms with Crippen molar-refractivity contribution in [1.29, 1.82) is 0 Å². The number of amides is 1. The van der Waals surface area contributed by atoms with Crippen LogP contribution in [-0.4, -0.2) is 33.1 Å². The molecule has 0 atom stereocenters. The minimum Gasteiger partial charge on any atom is -0.497 e. The van der Waals surface area contributed by atoms with Crippen molar-refractivity contribution in [1.82, 2.24) is 5.16 Å². The highest BCUT2D eigenvalue weighted by atomic mass is 32.2. The Bertz CT molecular complexity index is 1150. The van der Waals surface area contributed by atoms with E-state index in [-0.39, 0.29) is 16.3 Å². The fourth-order valence-electron chi connectivity index (χ4n) is 3.22. The Morgan fingerprint density at radius 1 is 1.16 bits per heavy atom. The molecule has 1 N–H and O–H groups in total. The molecule has 0 aliphatic rings. The van der Waals surface area contributed by atoms with Gasteiger partial charge in [-0.25, -0.2) is 8.42 Å². The molecule has 31 heavy (non-hydrogen) atoms. The summed E-state index contributed by atoms with van der Waals surface area (Å²) in [7, 11) is -2.60. The minimum atomic E-state index is -4.12. The third-order valence-corrected chi connectivity index (χ3v) is 6.80. The molecule has 0 fully saturated rings. The van der Waals surface area contributed by atoms with Crippen LogP contribution in [0.2, 0.25) is 0 Å². The van der Waals surface area contributed by atoms with Crippen LogP contribution in [0.4, 0.5) is 11.4 Å². The third kappa shape index (κ3) is 4.88. The summed E-state index contributed by atoms with van der Waals surface area (Å²) < 4.78 is 38.2. The summed E-state index contributed by atoms with van der Waals surface area (Å²) >= 11 is 0. The molecule has 2 aromatic carbocycles. The Balaban J connectivity index is 1.96. The quantitative estimate of drug-likeness (QED) is 0.570. The van der Waals surface area contributed by atoms with E-state index in [4.69, 9.17) is 9.26 Å². The number of nitrogens with zero attached hydrogens (tertiary/aromatic N) is 2. The molecule has 3 aromatic rings. The van der Waals surface area contributed by atoms with Crippen molar-refractivity contribution in [2.45, 2.75) is 32.1 Å². The van der Waals surface area contributed by atoms with Crippen LogP contribution in [0.15, 0.2) is 57.9 Å². The van der Waals surface area contributed by atoms with Crippen LogP contribution in [0, 0.1) is 13.8 Å². The van der Waals surface area contributed by atoms with Crippen LogP contribution in [0.25, 0.3) is 0 Å². The highest BCUT2D eigenvalue weighted by molar-refractivity contribution is 7.93. The van der Waals surface area contributed by atoms with E-state index in [9.17, 15) is 13.2 Å². The van der Waals surface area contributed by atoms with Gasteiger partial charge in [-0.05, 0) is 62.2 Å². The summed E-state index contributed by atoms with van der Waals surface area (Å²) in [5.74, 6) is 0.255. The highest BCUT2D eigenvalue weighted by Gasteiger charge is 2.32. The van der Waals surface area contributed by atoms with Gasteiger partial charge in [0, 0.05) is 5.69 Å². The van der Waals surface area contributed by atoms with E-state index in [1.807, 2.05) is 25.1 Å². The Kier molecular flexibility index (Phi) is 6.65. The monoisotopic (exact) mass is 443 g/mol. The fraction of sp³-hybridized carbons (Fsp3) is 0.273. The maximum atomic E-state index is 13.5. The van der Waals surface area contributed by atoms with E-state index in [0.717, 1.165) is 16.3 Å². The number of hydrogen-bond donors (Lipinski definition) is 1. The predicted molar refractivity (Wildman–Crippen MR) is 118 cm³/mol. The molecule has 9 heteroatoms. The van der Waals surface area contributed by atoms with Crippen molar-refractivity contribution in [3.63, 3.8) is 0 Å². The molecule has 0 unspecified atom stereocenters. The molecule has 8 nitrogen and oxygen atoms in total. The first-order chi connectivity index (χ1) is 14.8. The first-order valence-electron chi connectivity index (χ1n) is 9.74. The number of aryl methyl sites for hydroxylation is 3. The molecule has 0 radical (unpaired) electrons. The minimum absolute atomic E-state index is 0.0518. The molecular formula is C22H25N3O5S. The second kappa shape index (κ2) is 9.22. The van der Waals surface area contributed by atoms with Crippen molar-refractivity contribution in [3.05, 3.63) is 65.5 Å². The van der Waals surface area contributed by atoms with Crippen LogP contribution >= 0.6 is 0 Å². The second-order valence-electron chi connectivity index (χ2n) is 6.97. The van der Waals surface area contributed by atoms with Gasteiger partial charge < -0.3 is 14.6 Å². The van der Waals surface area contributed by atoms with Crippen molar-refractivity contribution in [3.8, 4) is 5.75 Å². The zero-order chi connectivity index (χ0) is 22.6. The van der Waals surface area contributed by atoms with Gasteiger partial charge in [0.15, 0.2) is 10.7 Å². The average molecular weight is 444 g/mol. The van der Waals surface area contributed by atoms with Crippen LogP contribution in [0.5, 0.6) is 5.75 Å². The number of nitrogens with one attached hydrogen (secondary N) is 1. The Labute approximate surface area is 181 Å². The number of methoxy groups -OCH3 is 1. The Morgan fingerprint density at radius 3 is 2.45 bits per heavy atom. The summed E-state index contributed by atoms with van der Waals surface area (Å²) in [5, 5.41) is 6.53. The van der Waals surface area contributed by atoms with Crippen LogP contribution in [-0.2, 0) is 21.2 Å². The zero-order valence-electron chi connectivity index (χ0n) is 17.9. The van der Waals surface area contributed by atoms with Crippen LogP contribution in [0.1, 0.15) is 23.9 Å². The number of benzene rings is 2. The molecule has 0 saturated heterocycles. The molecule has 164 valence electrons. The van der Waals surface area contributed by atoms with Gasteiger partial charge in [0.1, 0.15) is 18.0 Å². The van der Waals surface area contributed by atoms with Gasteiger partial charge in [0.2, 0.25) is 5.91 Å². The standard InChI is InChI=1S/C22H25N3O5S/c1-5-17-7-6-8-18(13-17)23-21(26)14-25(19-9-11-20(29-4)12-10-19)31(27,28)22-15(2)24-30-16(22)3/h6-13H,5,14H2,1-4H3,(H,23,26). The maximum absolute atomic E-state index is 13.5. The summed E-state index contributed by atoms with van der Waals surface area (Å²) in [6.45, 7) is 4.67. The number of sulfonamides is 1. The second-order valence-corrected chi connectivity index (χ2v) is 8.76. The molecule has 0 aliphatic carbocycles. The maximum Gasteiger partial charge on any atom is 0.270 e. The molecule has 0 aliphatic heterocycles. The van der Waals surface area contributed by atoms with Crippen molar-refractivity contribution >= 4 is 27.3 Å². The largest absolute Gasteiger partial charge is 0.497 e. The van der Waals surface area contributed by atoms with E-state index >= 15 is 0 Å². The van der Waals surface area contributed by atoms with Gasteiger partial charge in [-0.2, -0.15) is 0 Å². The van der Waals surface area contributed by atoms with Gasteiger partial charge >= 0.3 is 0 Å².